The van der Waals surface area contributed by atoms with Crippen LogP contribution in [0.5, 0.6) is 0 Å². The fourth-order valence-corrected chi connectivity index (χ4v) is 5.21. The Morgan fingerprint density at radius 2 is 1.80 bits per heavy atom. The summed E-state index contributed by atoms with van der Waals surface area (Å²) in [6, 6.07) is 14.3. The maximum Gasteiger partial charge on any atom is 0.151 e. The summed E-state index contributed by atoms with van der Waals surface area (Å²) in [5.41, 5.74) is 3.27. The van der Waals surface area contributed by atoms with Crippen LogP contribution in [0.1, 0.15) is 60.5 Å². The van der Waals surface area contributed by atoms with Crippen LogP contribution in [0, 0.1) is 0 Å². The van der Waals surface area contributed by atoms with Crippen LogP contribution in [-0.4, -0.2) is 19.9 Å². The molecule has 0 unspecified atom stereocenters. The molecule has 1 fully saturated rings. The number of rotatable bonds is 2. The lowest BCUT2D eigenvalue weighted by Crippen LogP contribution is -2.16. The molecule has 3 heterocycles. The zero-order valence-corrected chi connectivity index (χ0v) is 17.3. The minimum atomic E-state index is 0.387. The van der Waals surface area contributed by atoms with Gasteiger partial charge in [-0.3, -0.25) is 4.57 Å². The van der Waals surface area contributed by atoms with Crippen LogP contribution in [0.25, 0.3) is 16.6 Å². The van der Waals surface area contributed by atoms with E-state index in [1.807, 2.05) is 24.3 Å². The van der Waals surface area contributed by atoms with E-state index < -0.39 is 0 Å². The van der Waals surface area contributed by atoms with E-state index in [1.54, 1.807) is 0 Å². The molecule has 0 atom stereocenters. The fraction of sp³-hybridized carbons (Fsp3) is 0.348. The summed E-state index contributed by atoms with van der Waals surface area (Å²) in [7, 11) is 0. The lowest BCUT2D eigenvalue weighted by Gasteiger charge is -2.27. The molecular formula is C23H22ClN5O. The van der Waals surface area contributed by atoms with Crippen LogP contribution in [0.15, 0.2) is 47.0 Å². The third kappa shape index (κ3) is 2.94. The maximum absolute atomic E-state index is 6.24. The van der Waals surface area contributed by atoms with E-state index in [1.165, 1.54) is 5.56 Å². The van der Waals surface area contributed by atoms with Gasteiger partial charge in [0, 0.05) is 28.8 Å². The Morgan fingerprint density at radius 1 is 0.967 bits per heavy atom. The van der Waals surface area contributed by atoms with E-state index in [0.29, 0.717) is 18.4 Å². The standard InChI is InChI=1S/C23H22ClN5O/c24-17-9-10-20-16(11-17)12-25-13-21-26-27-23(29(20)21)15-7-5-14(6-8-15)22-18-3-1-2-4-19(18)28-30-22/h1-4,9-11,14-15,25H,5-8,12-13H2. The molecule has 0 spiro atoms. The molecule has 6 rings (SSSR count). The predicted octanol–water partition coefficient (Wildman–Crippen LogP) is 5.11. The number of fused-ring (bicyclic) bond motifs is 4. The third-order valence-corrected chi connectivity index (χ3v) is 6.75. The highest BCUT2D eigenvalue weighted by Crippen LogP contribution is 2.42. The second-order valence-corrected chi connectivity index (χ2v) is 8.74. The van der Waals surface area contributed by atoms with Gasteiger partial charge in [-0.05, 0) is 61.6 Å². The first-order valence-electron chi connectivity index (χ1n) is 10.6. The van der Waals surface area contributed by atoms with Crippen molar-refractivity contribution < 1.29 is 4.52 Å². The van der Waals surface area contributed by atoms with E-state index in [0.717, 1.165) is 71.3 Å². The highest BCUT2D eigenvalue weighted by Gasteiger charge is 2.31. The number of benzene rings is 2. The summed E-state index contributed by atoms with van der Waals surface area (Å²) in [5, 5.41) is 18.7. The van der Waals surface area contributed by atoms with Crippen molar-refractivity contribution in [1.82, 2.24) is 25.2 Å². The first-order valence-corrected chi connectivity index (χ1v) is 10.9. The number of hydrogen-bond acceptors (Lipinski definition) is 5. The van der Waals surface area contributed by atoms with Crippen LogP contribution >= 0.6 is 11.6 Å². The van der Waals surface area contributed by atoms with Crippen molar-refractivity contribution in [2.45, 2.75) is 50.6 Å². The molecule has 2 aliphatic rings. The molecule has 1 N–H and O–H groups in total. The maximum atomic E-state index is 6.24. The molecule has 7 heteroatoms. The highest BCUT2D eigenvalue weighted by molar-refractivity contribution is 6.30. The number of aromatic nitrogens is 4. The first-order chi connectivity index (χ1) is 14.8. The zero-order chi connectivity index (χ0) is 20.1. The van der Waals surface area contributed by atoms with Crippen molar-refractivity contribution in [3.05, 3.63) is 70.5 Å². The van der Waals surface area contributed by atoms with Crippen LogP contribution in [0.2, 0.25) is 5.02 Å². The summed E-state index contributed by atoms with van der Waals surface area (Å²) in [4.78, 5) is 0. The van der Waals surface area contributed by atoms with Crippen molar-refractivity contribution in [3.63, 3.8) is 0 Å². The average molecular weight is 420 g/mol. The van der Waals surface area contributed by atoms with Gasteiger partial charge >= 0.3 is 0 Å². The van der Waals surface area contributed by atoms with Gasteiger partial charge in [-0.2, -0.15) is 0 Å². The Morgan fingerprint density at radius 3 is 2.70 bits per heavy atom. The molecule has 1 aliphatic carbocycles. The van der Waals surface area contributed by atoms with Gasteiger partial charge in [0.2, 0.25) is 0 Å². The van der Waals surface area contributed by atoms with Crippen LogP contribution < -0.4 is 5.32 Å². The largest absolute Gasteiger partial charge is 0.360 e. The van der Waals surface area contributed by atoms with Crippen LogP contribution in [0.3, 0.4) is 0 Å². The fourth-order valence-electron chi connectivity index (χ4n) is 5.01. The smallest absolute Gasteiger partial charge is 0.151 e. The number of nitrogens with one attached hydrogen (secondary N) is 1. The Bertz CT molecular complexity index is 1220. The minimum absolute atomic E-state index is 0.387. The second-order valence-electron chi connectivity index (χ2n) is 8.30. The summed E-state index contributed by atoms with van der Waals surface area (Å²) in [5.74, 6) is 3.87. The first kappa shape index (κ1) is 18.1. The number of nitrogens with zero attached hydrogens (tertiary/aromatic N) is 4. The molecule has 30 heavy (non-hydrogen) atoms. The summed E-state index contributed by atoms with van der Waals surface area (Å²) in [6.45, 7) is 1.49. The average Bonchev–Trinajstić information content (AvgIpc) is 3.34. The molecule has 0 radical (unpaired) electrons. The predicted molar refractivity (Wildman–Crippen MR) is 115 cm³/mol. The minimum Gasteiger partial charge on any atom is -0.360 e. The molecule has 2 aromatic heterocycles. The van der Waals surface area contributed by atoms with Gasteiger partial charge in [0.05, 0.1) is 12.2 Å². The summed E-state index contributed by atoms with van der Waals surface area (Å²) in [6.07, 6.45) is 4.26. The summed E-state index contributed by atoms with van der Waals surface area (Å²) < 4.78 is 7.99. The van der Waals surface area contributed by atoms with Gasteiger partial charge in [0.25, 0.3) is 0 Å². The lowest BCUT2D eigenvalue weighted by atomic mass is 9.80. The van der Waals surface area contributed by atoms with Crippen molar-refractivity contribution in [2.75, 3.05) is 0 Å². The van der Waals surface area contributed by atoms with Crippen molar-refractivity contribution in [3.8, 4) is 5.69 Å². The normalized spacial score (nSPS) is 21.2. The Hall–Kier alpha value is -2.70. The van der Waals surface area contributed by atoms with E-state index in [4.69, 9.17) is 16.1 Å². The molecular weight excluding hydrogens is 398 g/mol. The molecule has 0 bridgehead atoms. The van der Waals surface area contributed by atoms with Gasteiger partial charge in [-0.25, -0.2) is 0 Å². The van der Waals surface area contributed by atoms with Gasteiger partial charge in [-0.1, -0.05) is 28.9 Å². The Kier molecular flexibility index (Phi) is 4.35. The van der Waals surface area contributed by atoms with E-state index >= 15 is 0 Å². The quantitative estimate of drug-likeness (QED) is 0.489. The van der Waals surface area contributed by atoms with Gasteiger partial charge < -0.3 is 9.84 Å². The number of hydrogen-bond donors (Lipinski definition) is 1. The van der Waals surface area contributed by atoms with Crippen molar-refractivity contribution in [1.29, 1.82) is 0 Å². The monoisotopic (exact) mass is 419 g/mol. The van der Waals surface area contributed by atoms with Gasteiger partial charge in [-0.15, -0.1) is 10.2 Å². The zero-order valence-electron chi connectivity index (χ0n) is 16.5. The topological polar surface area (TPSA) is 68.8 Å². The number of halogens is 1. The van der Waals surface area contributed by atoms with E-state index in [2.05, 4.69) is 43.4 Å². The molecule has 0 amide bonds. The SMILES string of the molecule is Clc1ccc2c(c1)CNCc1nnc(C3CCC(c4onc5ccccc45)CC3)n1-2. The second kappa shape index (κ2) is 7.22. The highest BCUT2D eigenvalue weighted by atomic mass is 35.5. The van der Waals surface area contributed by atoms with Crippen LogP contribution in [0.4, 0.5) is 0 Å². The van der Waals surface area contributed by atoms with E-state index in [9.17, 15) is 0 Å². The van der Waals surface area contributed by atoms with Gasteiger partial charge in [0.15, 0.2) is 5.82 Å². The van der Waals surface area contributed by atoms with E-state index in [-0.39, 0.29) is 0 Å². The molecule has 1 aliphatic heterocycles. The van der Waals surface area contributed by atoms with Crippen molar-refractivity contribution >= 4 is 22.5 Å². The van der Waals surface area contributed by atoms with Crippen molar-refractivity contribution in [2.24, 2.45) is 0 Å². The lowest BCUT2D eigenvalue weighted by molar-refractivity contribution is 0.307. The molecule has 6 nitrogen and oxygen atoms in total. The third-order valence-electron chi connectivity index (χ3n) is 6.51. The molecule has 152 valence electrons. The summed E-state index contributed by atoms with van der Waals surface area (Å²) >= 11 is 6.24. The van der Waals surface area contributed by atoms with Gasteiger partial charge in [0.1, 0.15) is 17.1 Å². The molecule has 1 saturated carbocycles. The molecule has 2 aromatic carbocycles. The Balaban J connectivity index is 1.29. The Labute approximate surface area is 179 Å². The van der Waals surface area contributed by atoms with Crippen LogP contribution in [-0.2, 0) is 13.1 Å². The molecule has 4 aromatic rings. The molecule has 0 saturated heterocycles.